The minimum absolute atomic E-state index is 0.349. The van der Waals surface area contributed by atoms with Crippen LogP contribution in [-0.2, 0) is 6.61 Å². The summed E-state index contributed by atoms with van der Waals surface area (Å²) in [5.74, 6) is 0.561. The Morgan fingerprint density at radius 3 is 2.84 bits per heavy atom. The number of ether oxygens (including phenoxy) is 1. The lowest BCUT2D eigenvalue weighted by atomic mass is 10.3. The van der Waals surface area contributed by atoms with E-state index in [9.17, 15) is 0 Å². The van der Waals surface area contributed by atoms with Gasteiger partial charge >= 0.3 is 0 Å². The SMILES string of the molecule is Clc1cccc(OCc2cn3ccccc3n2)c1Cl. The van der Waals surface area contributed by atoms with Crippen molar-refractivity contribution < 1.29 is 4.74 Å². The van der Waals surface area contributed by atoms with Gasteiger partial charge in [-0.25, -0.2) is 4.98 Å². The minimum atomic E-state index is 0.349. The molecule has 0 saturated heterocycles. The topological polar surface area (TPSA) is 26.5 Å². The number of halogens is 2. The van der Waals surface area contributed by atoms with E-state index in [0.717, 1.165) is 11.3 Å². The predicted octanol–water partition coefficient (Wildman–Crippen LogP) is 4.22. The molecule has 2 heterocycles. The van der Waals surface area contributed by atoms with E-state index >= 15 is 0 Å². The van der Waals surface area contributed by atoms with Gasteiger partial charge in [0.05, 0.1) is 10.7 Å². The Kier molecular flexibility index (Phi) is 3.32. The highest BCUT2D eigenvalue weighted by Crippen LogP contribution is 2.31. The molecule has 0 bridgehead atoms. The molecule has 1 aromatic carbocycles. The average molecular weight is 293 g/mol. The van der Waals surface area contributed by atoms with Crippen LogP contribution in [0, 0.1) is 0 Å². The Balaban J connectivity index is 1.80. The first kappa shape index (κ1) is 12.3. The first-order valence-electron chi connectivity index (χ1n) is 5.73. The summed E-state index contributed by atoms with van der Waals surface area (Å²) < 4.78 is 7.58. The second kappa shape index (κ2) is 5.11. The fourth-order valence-corrected chi connectivity index (χ4v) is 2.15. The maximum Gasteiger partial charge on any atom is 0.140 e. The average Bonchev–Trinajstić information content (AvgIpc) is 2.83. The van der Waals surface area contributed by atoms with E-state index in [0.29, 0.717) is 22.4 Å². The van der Waals surface area contributed by atoms with Gasteiger partial charge in [0.1, 0.15) is 23.0 Å². The van der Waals surface area contributed by atoms with Crippen molar-refractivity contribution in [2.45, 2.75) is 6.61 Å². The van der Waals surface area contributed by atoms with Crippen LogP contribution in [0.1, 0.15) is 5.69 Å². The molecule has 0 aliphatic heterocycles. The summed E-state index contributed by atoms with van der Waals surface area (Å²) in [6.07, 6.45) is 3.87. The van der Waals surface area contributed by atoms with E-state index in [4.69, 9.17) is 27.9 Å². The number of fused-ring (bicyclic) bond motifs is 1. The number of pyridine rings is 1. The molecular weight excluding hydrogens is 283 g/mol. The van der Waals surface area contributed by atoms with Crippen molar-refractivity contribution in [3.63, 3.8) is 0 Å². The summed E-state index contributed by atoms with van der Waals surface area (Å²) in [7, 11) is 0. The fraction of sp³-hybridized carbons (Fsp3) is 0.0714. The quantitative estimate of drug-likeness (QED) is 0.722. The number of nitrogens with zero attached hydrogens (tertiary/aromatic N) is 2. The number of aromatic nitrogens is 2. The highest BCUT2D eigenvalue weighted by Gasteiger charge is 2.07. The molecular formula is C14H10Cl2N2O. The summed E-state index contributed by atoms with van der Waals surface area (Å²) in [6, 6.07) is 11.1. The highest BCUT2D eigenvalue weighted by molar-refractivity contribution is 6.42. The van der Waals surface area contributed by atoms with Crippen molar-refractivity contribution in [2.24, 2.45) is 0 Å². The molecule has 0 aliphatic rings. The third-order valence-corrected chi connectivity index (χ3v) is 3.51. The summed E-state index contributed by atoms with van der Waals surface area (Å²) in [6.45, 7) is 0.349. The van der Waals surface area contributed by atoms with Crippen LogP contribution < -0.4 is 4.74 Å². The number of hydrogen-bond acceptors (Lipinski definition) is 2. The van der Waals surface area contributed by atoms with Crippen molar-refractivity contribution in [1.82, 2.24) is 9.38 Å². The van der Waals surface area contributed by atoms with Crippen molar-refractivity contribution in [1.29, 1.82) is 0 Å². The lowest BCUT2D eigenvalue weighted by molar-refractivity contribution is 0.302. The van der Waals surface area contributed by atoms with Crippen LogP contribution in [0.2, 0.25) is 10.0 Å². The van der Waals surface area contributed by atoms with Gasteiger partial charge in [-0.1, -0.05) is 35.3 Å². The Morgan fingerprint density at radius 1 is 1.11 bits per heavy atom. The van der Waals surface area contributed by atoms with E-state index in [2.05, 4.69) is 4.98 Å². The van der Waals surface area contributed by atoms with Gasteiger partial charge in [-0.2, -0.15) is 0 Å². The maximum atomic E-state index is 6.06. The van der Waals surface area contributed by atoms with Gasteiger partial charge in [0.25, 0.3) is 0 Å². The van der Waals surface area contributed by atoms with Crippen LogP contribution in [0.5, 0.6) is 5.75 Å². The van der Waals surface area contributed by atoms with Crippen LogP contribution in [0.3, 0.4) is 0 Å². The summed E-state index contributed by atoms with van der Waals surface area (Å²) in [4.78, 5) is 4.44. The molecule has 0 amide bonds. The third kappa shape index (κ3) is 2.53. The minimum Gasteiger partial charge on any atom is -0.486 e. The molecule has 3 nitrogen and oxygen atoms in total. The van der Waals surface area contributed by atoms with E-state index in [1.54, 1.807) is 18.2 Å². The van der Waals surface area contributed by atoms with Crippen LogP contribution in [0.4, 0.5) is 0 Å². The largest absolute Gasteiger partial charge is 0.486 e. The fourth-order valence-electron chi connectivity index (χ4n) is 1.80. The van der Waals surface area contributed by atoms with Crippen LogP contribution in [-0.4, -0.2) is 9.38 Å². The Bertz CT molecular complexity index is 691. The van der Waals surface area contributed by atoms with Gasteiger partial charge in [0.2, 0.25) is 0 Å². The molecule has 2 aromatic heterocycles. The van der Waals surface area contributed by atoms with Crippen molar-refractivity contribution in [3.8, 4) is 5.75 Å². The van der Waals surface area contributed by atoms with Crippen LogP contribution in [0.15, 0.2) is 48.8 Å². The first-order valence-corrected chi connectivity index (χ1v) is 6.49. The van der Waals surface area contributed by atoms with Crippen LogP contribution in [0.25, 0.3) is 5.65 Å². The van der Waals surface area contributed by atoms with Gasteiger partial charge in [0.15, 0.2) is 0 Å². The Hall–Kier alpha value is -1.71. The summed E-state index contributed by atoms with van der Waals surface area (Å²) in [5.41, 5.74) is 1.72. The molecule has 0 spiro atoms. The molecule has 3 rings (SSSR count). The predicted molar refractivity (Wildman–Crippen MR) is 76.0 cm³/mol. The molecule has 0 N–H and O–H groups in total. The normalized spacial score (nSPS) is 10.8. The lowest BCUT2D eigenvalue weighted by Gasteiger charge is -2.06. The zero-order chi connectivity index (χ0) is 13.2. The van der Waals surface area contributed by atoms with Crippen molar-refractivity contribution in [2.75, 3.05) is 0 Å². The van der Waals surface area contributed by atoms with E-state index in [1.807, 2.05) is 35.0 Å². The number of rotatable bonds is 3. The van der Waals surface area contributed by atoms with Crippen molar-refractivity contribution >= 4 is 28.8 Å². The molecule has 96 valence electrons. The molecule has 0 saturated carbocycles. The Labute approximate surface area is 120 Å². The lowest BCUT2D eigenvalue weighted by Crippen LogP contribution is -1.96. The number of hydrogen-bond donors (Lipinski definition) is 0. The monoisotopic (exact) mass is 292 g/mol. The molecule has 19 heavy (non-hydrogen) atoms. The third-order valence-electron chi connectivity index (χ3n) is 2.71. The molecule has 0 radical (unpaired) electrons. The zero-order valence-corrected chi connectivity index (χ0v) is 11.4. The number of imidazole rings is 1. The molecule has 0 aliphatic carbocycles. The van der Waals surface area contributed by atoms with Gasteiger partial charge < -0.3 is 9.14 Å². The molecule has 0 unspecified atom stereocenters. The van der Waals surface area contributed by atoms with E-state index < -0.39 is 0 Å². The zero-order valence-electron chi connectivity index (χ0n) is 9.88. The Morgan fingerprint density at radius 2 is 2.00 bits per heavy atom. The molecule has 0 fully saturated rings. The van der Waals surface area contributed by atoms with Gasteiger partial charge in [-0.05, 0) is 24.3 Å². The first-order chi connectivity index (χ1) is 9.24. The van der Waals surface area contributed by atoms with Crippen molar-refractivity contribution in [3.05, 3.63) is 64.5 Å². The van der Waals surface area contributed by atoms with Crippen LogP contribution >= 0.6 is 23.2 Å². The summed E-state index contributed by atoms with van der Waals surface area (Å²) >= 11 is 12.0. The second-order valence-corrected chi connectivity index (χ2v) is 4.82. The van der Waals surface area contributed by atoms with Gasteiger partial charge in [-0.15, -0.1) is 0 Å². The smallest absolute Gasteiger partial charge is 0.140 e. The number of benzene rings is 1. The van der Waals surface area contributed by atoms with Gasteiger partial charge in [0, 0.05) is 12.4 Å². The highest BCUT2D eigenvalue weighted by atomic mass is 35.5. The molecule has 5 heteroatoms. The maximum absolute atomic E-state index is 6.06. The van der Waals surface area contributed by atoms with E-state index in [1.165, 1.54) is 0 Å². The van der Waals surface area contributed by atoms with Gasteiger partial charge in [-0.3, -0.25) is 0 Å². The standard InChI is InChI=1S/C14H10Cl2N2O/c15-11-4-3-5-12(14(11)16)19-9-10-8-18-7-2-1-6-13(18)17-10/h1-8H,9H2. The second-order valence-electron chi connectivity index (χ2n) is 4.04. The summed E-state index contributed by atoms with van der Waals surface area (Å²) in [5, 5.41) is 0.905. The molecule has 3 aromatic rings. The van der Waals surface area contributed by atoms with E-state index in [-0.39, 0.29) is 0 Å². The molecule has 0 atom stereocenters.